The highest BCUT2D eigenvalue weighted by atomic mass is 32.2. The summed E-state index contributed by atoms with van der Waals surface area (Å²) in [6.07, 6.45) is 8.63. The summed E-state index contributed by atoms with van der Waals surface area (Å²) in [5, 5.41) is 5.57. The number of rotatable bonds is 16. The second-order valence-electron chi connectivity index (χ2n) is 16.4. The van der Waals surface area contributed by atoms with Gasteiger partial charge in [-0.15, -0.1) is 0 Å². The van der Waals surface area contributed by atoms with Gasteiger partial charge in [0.05, 0.1) is 17.4 Å². The molecule has 4 aromatic heterocycles. The molecule has 4 N–H and O–H groups in total. The molecule has 23 heteroatoms. The van der Waals surface area contributed by atoms with Gasteiger partial charge in [-0.1, -0.05) is 6.92 Å². The van der Waals surface area contributed by atoms with Crippen molar-refractivity contribution in [1.29, 1.82) is 0 Å². The van der Waals surface area contributed by atoms with E-state index in [1.165, 1.54) is 19.4 Å². The Kier molecular flexibility index (Phi) is 13.8. The van der Waals surface area contributed by atoms with Gasteiger partial charge in [0.1, 0.15) is 17.2 Å². The number of aromatic amines is 1. The van der Waals surface area contributed by atoms with Crippen molar-refractivity contribution in [3.8, 4) is 16.9 Å². The van der Waals surface area contributed by atoms with Crippen LogP contribution in [0.1, 0.15) is 73.0 Å². The molecular formula is C44H47F2N11O9S. The number of benzene rings is 1. The zero-order chi connectivity index (χ0) is 47.4. The molecule has 0 spiro atoms. The number of aromatic nitrogens is 5. The Labute approximate surface area is 383 Å². The summed E-state index contributed by atoms with van der Waals surface area (Å²) >= 11 is 0. The highest BCUT2D eigenvalue weighted by Crippen LogP contribution is 2.32. The van der Waals surface area contributed by atoms with E-state index < -0.39 is 63.0 Å². The van der Waals surface area contributed by atoms with Gasteiger partial charge in [-0.2, -0.15) is 12.7 Å². The Morgan fingerprint density at radius 1 is 0.955 bits per heavy atom. The lowest BCUT2D eigenvalue weighted by molar-refractivity contribution is -0.159. The number of amides is 3. The summed E-state index contributed by atoms with van der Waals surface area (Å²) in [5.41, 5.74) is 0.552. The first kappa shape index (κ1) is 46.5. The summed E-state index contributed by atoms with van der Waals surface area (Å²) in [4.78, 5) is 86.9. The minimum Gasteiger partial charge on any atom is -0.479 e. The minimum absolute atomic E-state index is 0.0850. The summed E-state index contributed by atoms with van der Waals surface area (Å²) in [6, 6.07) is 6.72. The molecule has 2 unspecified atom stereocenters. The molecule has 0 saturated carbocycles. The lowest BCUT2D eigenvalue weighted by Crippen LogP contribution is -2.54. The first-order valence-corrected chi connectivity index (χ1v) is 23.1. The predicted octanol–water partition coefficient (Wildman–Crippen LogP) is 3.18. The number of anilines is 2. The third-order valence-corrected chi connectivity index (χ3v) is 13.8. The Morgan fingerprint density at radius 3 is 2.36 bits per heavy atom. The van der Waals surface area contributed by atoms with Crippen LogP contribution in [-0.4, -0.2) is 131 Å². The normalized spacial score (nSPS) is 18.1. The number of hydrogen-bond donors (Lipinski definition) is 4. The number of fused-ring (bicyclic) bond motifs is 1. The maximum Gasteiger partial charge on any atom is 0.301 e. The first-order valence-electron chi connectivity index (χ1n) is 21.6. The van der Waals surface area contributed by atoms with Gasteiger partial charge < -0.3 is 24.7 Å². The molecule has 5 aromatic rings. The third-order valence-electron chi connectivity index (χ3n) is 12.2. The van der Waals surface area contributed by atoms with Crippen LogP contribution in [-0.2, 0) is 34.1 Å². The molecule has 3 aliphatic rings. The minimum atomic E-state index is -4.17. The molecule has 8 rings (SSSR count). The fraction of sp³-hybridized carbons (Fsp3) is 0.386. The van der Waals surface area contributed by atoms with Gasteiger partial charge in [-0.05, 0) is 56.0 Å². The molecule has 3 amide bonds. The standard InChI is InChI=1S/C44H47F2N11O9S/c1-3-55(2)67(63,64)54-34-7-5-32(45)37(38(34)46)39(60)31-23-49-40-30(31)18-26(19-48-40)27-20-50-44(51-21-27)57-16-12-28(13-17-57)52-42(62)43(65-24-58)56-14-10-25(11-15-56)33-6-4-29(22-47-33)66-35-8-9-36(59)53-41(35)61/h4-7,18-25,28,35,43,54H,3,8-17H2,1-2H3,(H,48,49)(H,52,62)(H,53,59,61). The van der Waals surface area contributed by atoms with Crippen molar-refractivity contribution in [3.63, 3.8) is 0 Å². The Hall–Kier alpha value is -6.98. The summed E-state index contributed by atoms with van der Waals surface area (Å²) in [7, 11) is -2.89. The molecule has 2 atom stereocenters. The Bertz CT molecular complexity index is 2780. The van der Waals surface area contributed by atoms with Crippen LogP contribution in [0.3, 0.4) is 0 Å². The van der Waals surface area contributed by atoms with Crippen LogP contribution in [0, 0.1) is 11.6 Å². The number of nitrogens with zero attached hydrogens (tertiary/aromatic N) is 7. The monoisotopic (exact) mass is 943 g/mol. The van der Waals surface area contributed by atoms with Crippen molar-refractivity contribution in [1.82, 2.24) is 44.8 Å². The molecular weight excluding hydrogens is 897 g/mol. The van der Waals surface area contributed by atoms with E-state index in [-0.39, 0.29) is 53.9 Å². The van der Waals surface area contributed by atoms with Crippen LogP contribution in [0.2, 0.25) is 0 Å². The van der Waals surface area contributed by atoms with Crippen LogP contribution in [0.4, 0.5) is 20.4 Å². The maximum atomic E-state index is 15.6. The number of carbonyl (C=O) groups is 5. The van der Waals surface area contributed by atoms with Gasteiger partial charge in [0.2, 0.25) is 23.9 Å². The SMILES string of the molecule is CCN(C)S(=O)(=O)Nc1ccc(F)c(C(=O)c2c[nH]c3ncc(-c4cnc(N5CCC(NC(=O)C(OC=O)N6CCC(c7ccc(OC8CCC(=O)NC8=O)cn7)CC6)CC5)nc4)cc23)c1F. The van der Waals surface area contributed by atoms with E-state index in [1.54, 1.807) is 37.6 Å². The number of ketones is 1. The van der Waals surface area contributed by atoms with E-state index in [9.17, 15) is 32.4 Å². The summed E-state index contributed by atoms with van der Waals surface area (Å²) < 4.78 is 69.8. The summed E-state index contributed by atoms with van der Waals surface area (Å²) in [5.74, 6) is -3.81. The van der Waals surface area contributed by atoms with Gasteiger partial charge in [0.25, 0.3) is 18.3 Å². The average molecular weight is 944 g/mol. The van der Waals surface area contributed by atoms with Crippen LogP contribution in [0.5, 0.6) is 5.75 Å². The second-order valence-corrected chi connectivity index (χ2v) is 18.1. The van der Waals surface area contributed by atoms with Crippen molar-refractivity contribution in [2.24, 2.45) is 0 Å². The predicted molar refractivity (Wildman–Crippen MR) is 237 cm³/mol. The third kappa shape index (κ3) is 10.2. The molecule has 1 aromatic carbocycles. The number of halogens is 2. The number of H-pyrrole nitrogens is 1. The highest BCUT2D eigenvalue weighted by molar-refractivity contribution is 7.90. The van der Waals surface area contributed by atoms with E-state index >= 15 is 8.78 Å². The van der Waals surface area contributed by atoms with E-state index in [0.717, 1.165) is 22.1 Å². The molecule has 3 saturated heterocycles. The molecule has 0 aliphatic carbocycles. The number of pyridine rings is 2. The van der Waals surface area contributed by atoms with Gasteiger partial charge in [0, 0.05) is 117 Å². The second kappa shape index (κ2) is 19.9. The van der Waals surface area contributed by atoms with Crippen molar-refractivity contribution in [2.45, 2.75) is 69.7 Å². The number of likely N-dealkylation sites (tertiary alicyclic amines) is 1. The van der Waals surface area contributed by atoms with Crippen molar-refractivity contribution < 1.29 is 50.6 Å². The molecule has 67 heavy (non-hydrogen) atoms. The number of imide groups is 1. The zero-order valence-corrected chi connectivity index (χ0v) is 37.2. The molecule has 7 heterocycles. The van der Waals surface area contributed by atoms with Crippen LogP contribution in [0.25, 0.3) is 22.2 Å². The lowest BCUT2D eigenvalue weighted by atomic mass is 9.93. The molecule has 352 valence electrons. The molecule has 0 bridgehead atoms. The molecule has 0 radical (unpaired) electrons. The van der Waals surface area contributed by atoms with E-state index in [2.05, 4.69) is 40.3 Å². The van der Waals surface area contributed by atoms with Gasteiger partial charge in [0.15, 0.2) is 11.9 Å². The van der Waals surface area contributed by atoms with Gasteiger partial charge in [-0.25, -0.2) is 23.7 Å². The molecule has 20 nitrogen and oxygen atoms in total. The number of hydrogen-bond acceptors (Lipinski definition) is 15. The number of nitrogens with one attached hydrogen (secondary N) is 4. The van der Waals surface area contributed by atoms with Gasteiger partial charge in [-0.3, -0.25) is 43.9 Å². The van der Waals surface area contributed by atoms with Crippen molar-refractivity contribution in [3.05, 3.63) is 89.8 Å². The fourth-order valence-corrected chi connectivity index (χ4v) is 9.22. The fourth-order valence-electron chi connectivity index (χ4n) is 8.29. The van der Waals surface area contributed by atoms with Gasteiger partial charge >= 0.3 is 10.2 Å². The van der Waals surface area contributed by atoms with E-state index in [0.29, 0.717) is 81.1 Å². The topological polar surface area (TPSA) is 251 Å². The number of ether oxygens (including phenoxy) is 2. The van der Waals surface area contributed by atoms with Crippen LogP contribution >= 0.6 is 0 Å². The number of carbonyl (C=O) groups excluding carboxylic acids is 5. The maximum absolute atomic E-state index is 15.6. The average Bonchev–Trinajstić information content (AvgIpc) is 3.76. The highest BCUT2D eigenvalue weighted by Gasteiger charge is 2.35. The van der Waals surface area contributed by atoms with Crippen LogP contribution < -0.4 is 25.0 Å². The van der Waals surface area contributed by atoms with Crippen LogP contribution in [0.15, 0.2) is 61.3 Å². The zero-order valence-electron chi connectivity index (χ0n) is 36.4. The molecule has 3 fully saturated rings. The van der Waals surface area contributed by atoms with E-state index in [4.69, 9.17) is 9.47 Å². The largest absolute Gasteiger partial charge is 0.479 e. The van der Waals surface area contributed by atoms with Crippen molar-refractivity contribution in [2.75, 3.05) is 49.4 Å². The van der Waals surface area contributed by atoms with Crippen molar-refractivity contribution >= 4 is 62.9 Å². The summed E-state index contributed by atoms with van der Waals surface area (Å²) in [6.45, 7) is 3.94. The van der Waals surface area contributed by atoms with E-state index in [1.807, 2.05) is 15.9 Å². The number of piperidine rings is 3. The quantitative estimate of drug-likeness (QED) is 0.0630. The Balaban J connectivity index is 0.844. The Morgan fingerprint density at radius 2 is 1.69 bits per heavy atom. The smallest absolute Gasteiger partial charge is 0.301 e. The first-order chi connectivity index (χ1) is 32.2. The lowest BCUT2D eigenvalue weighted by Gasteiger charge is -2.37. The molecule has 3 aliphatic heterocycles.